The highest BCUT2D eigenvalue weighted by molar-refractivity contribution is 4.62. The van der Waals surface area contributed by atoms with Crippen LogP contribution < -0.4 is 57.1 Å². The third-order valence-corrected chi connectivity index (χ3v) is 5.48. The van der Waals surface area contributed by atoms with Crippen molar-refractivity contribution in [1.29, 1.82) is 0 Å². The lowest BCUT2D eigenvalue weighted by atomic mass is 10.0. The first kappa shape index (κ1) is 28.9. The van der Waals surface area contributed by atoms with Gasteiger partial charge in [0, 0.05) is 0 Å². The van der Waals surface area contributed by atoms with Gasteiger partial charge in [-0.05, 0) is 25.7 Å². The molecular weight excluding hydrogens is 586 g/mol. The fraction of sp³-hybridized carbons (Fsp3) is 0.739. The Labute approximate surface area is 213 Å². The standard InChI is InChI=1S/C23H42N4.2HI/c1-24-18-20-26(22-24)16-14-12-10-8-6-4-3-5-7-9-11-13-15-17-27-21-19-25(2)23-27;;/h18-23H,3-17H2,1-2H3;2*1H/q+2;;/p-2. The molecule has 0 atom stereocenters. The van der Waals surface area contributed by atoms with Crippen LogP contribution in [0.15, 0.2) is 37.4 Å². The molecule has 0 aliphatic heterocycles. The van der Waals surface area contributed by atoms with Crippen molar-refractivity contribution in [3.63, 3.8) is 0 Å². The average molecular weight is 628 g/mol. The van der Waals surface area contributed by atoms with Crippen LogP contribution in [-0.2, 0) is 27.2 Å². The van der Waals surface area contributed by atoms with Crippen LogP contribution in [0.3, 0.4) is 0 Å². The molecule has 168 valence electrons. The van der Waals surface area contributed by atoms with Crippen LogP contribution in [0.5, 0.6) is 0 Å². The van der Waals surface area contributed by atoms with Crippen molar-refractivity contribution in [2.24, 2.45) is 14.1 Å². The van der Waals surface area contributed by atoms with Crippen molar-refractivity contribution in [1.82, 2.24) is 9.13 Å². The second kappa shape index (κ2) is 18.6. The molecule has 0 amide bonds. The zero-order valence-electron chi connectivity index (χ0n) is 18.6. The first-order valence-corrected chi connectivity index (χ1v) is 11.3. The molecule has 0 bridgehead atoms. The maximum Gasteiger partial charge on any atom is 0.243 e. The largest absolute Gasteiger partial charge is 1.00 e. The number of unbranched alkanes of at least 4 members (excludes halogenated alkanes) is 12. The molecule has 4 nitrogen and oxygen atoms in total. The molecular formula is C23H42I2N4. The molecule has 0 aromatic carbocycles. The Hall–Kier alpha value is -0.120. The Balaban J connectivity index is 0.00000392. The molecule has 0 aliphatic rings. The molecule has 2 aromatic rings. The Bertz CT molecular complexity index is 557. The lowest BCUT2D eigenvalue weighted by Crippen LogP contribution is -3.00. The number of aryl methyl sites for hydroxylation is 4. The maximum atomic E-state index is 2.29. The van der Waals surface area contributed by atoms with Crippen LogP contribution in [0.2, 0.25) is 0 Å². The molecule has 0 radical (unpaired) electrons. The first-order chi connectivity index (χ1) is 13.2. The van der Waals surface area contributed by atoms with E-state index in [0.717, 1.165) is 0 Å². The van der Waals surface area contributed by atoms with E-state index in [1.807, 2.05) is 0 Å². The van der Waals surface area contributed by atoms with Gasteiger partial charge in [0.25, 0.3) is 0 Å². The highest BCUT2D eigenvalue weighted by Gasteiger charge is 2.00. The van der Waals surface area contributed by atoms with Crippen LogP contribution in [0.25, 0.3) is 0 Å². The second-order valence-corrected chi connectivity index (χ2v) is 8.23. The number of hydrogen-bond acceptors (Lipinski definition) is 0. The van der Waals surface area contributed by atoms with Crippen LogP contribution in [0.1, 0.15) is 83.5 Å². The maximum absolute atomic E-state index is 2.29. The summed E-state index contributed by atoms with van der Waals surface area (Å²) in [5.41, 5.74) is 0. The number of rotatable bonds is 16. The van der Waals surface area contributed by atoms with Gasteiger partial charge in [0.2, 0.25) is 12.7 Å². The molecule has 0 fully saturated rings. The van der Waals surface area contributed by atoms with Crippen molar-refractivity contribution < 1.29 is 57.1 Å². The molecule has 2 rings (SSSR count). The number of halogens is 2. The van der Waals surface area contributed by atoms with Gasteiger partial charge in [-0.25, -0.2) is 18.3 Å². The van der Waals surface area contributed by atoms with Crippen molar-refractivity contribution in [3.8, 4) is 0 Å². The highest BCUT2D eigenvalue weighted by Crippen LogP contribution is 2.12. The van der Waals surface area contributed by atoms with Crippen LogP contribution in [0, 0.1) is 0 Å². The summed E-state index contributed by atoms with van der Waals surface area (Å²) in [5, 5.41) is 0. The number of aromatic nitrogens is 4. The van der Waals surface area contributed by atoms with Crippen LogP contribution >= 0.6 is 0 Å². The third kappa shape index (κ3) is 14.5. The fourth-order valence-corrected chi connectivity index (χ4v) is 3.80. The average Bonchev–Trinajstić information content (AvgIpc) is 3.26. The van der Waals surface area contributed by atoms with Crippen LogP contribution in [0.4, 0.5) is 0 Å². The molecule has 0 saturated carbocycles. The van der Waals surface area contributed by atoms with Gasteiger partial charge in [0.15, 0.2) is 0 Å². The van der Waals surface area contributed by atoms with E-state index in [2.05, 4.69) is 69.8 Å². The SMILES string of the molecule is Cn1cc[n+](CCCCCCCCCCCCCCC[n+]2ccn(C)c2)c1.[I-].[I-]. The van der Waals surface area contributed by atoms with Crippen molar-refractivity contribution in [2.45, 2.75) is 96.6 Å². The lowest BCUT2D eigenvalue weighted by molar-refractivity contribution is -0.697. The van der Waals surface area contributed by atoms with Gasteiger partial charge in [-0.3, -0.25) is 0 Å². The van der Waals surface area contributed by atoms with Gasteiger partial charge in [0.05, 0.1) is 27.2 Å². The van der Waals surface area contributed by atoms with Gasteiger partial charge in [0.1, 0.15) is 24.8 Å². The van der Waals surface area contributed by atoms with Crippen LogP contribution in [-0.4, -0.2) is 9.13 Å². The van der Waals surface area contributed by atoms with Gasteiger partial charge < -0.3 is 48.0 Å². The minimum atomic E-state index is 0. The molecule has 0 N–H and O–H groups in total. The van der Waals surface area contributed by atoms with Gasteiger partial charge in [-0.1, -0.05) is 57.8 Å². The zero-order valence-corrected chi connectivity index (χ0v) is 22.9. The smallest absolute Gasteiger partial charge is 0.243 e. The van der Waals surface area contributed by atoms with Gasteiger partial charge >= 0.3 is 0 Å². The van der Waals surface area contributed by atoms with E-state index < -0.39 is 0 Å². The van der Waals surface area contributed by atoms with E-state index in [1.54, 1.807) is 0 Å². The van der Waals surface area contributed by atoms with Crippen molar-refractivity contribution in [3.05, 3.63) is 37.4 Å². The monoisotopic (exact) mass is 628 g/mol. The molecule has 0 unspecified atom stereocenters. The number of hydrogen-bond donors (Lipinski definition) is 0. The summed E-state index contributed by atoms with van der Waals surface area (Å²) in [6.07, 6.45) is 31.2. The van der Waals surface area contributed by atoms with Crippen molar-refractivity contribution in [2.75, 3.05) is 0 Å². The molecule has 2 heterocycles. The van der Waals surface area contributed by atoms with Gasteiger partial charge in [-0.15, -0.1) is 0 Å². The summed E-state index contributed by atoms with van der Waals surface area (Å²) >= 11 is 0. The summed E-state index contributed by atoms with van der Waals surface area (Å²) in [6, 6.07) is 0. The minimum absolute atomic E-state index is 0. The topological polar surface area (TPSA) is 17.6 Å². The second-order valence-electron chi connectivity index (χ2n) is 8.23. The highest BCUT2D eigenvalue weighted by atomic mass is 127. The Morgan fingerprint density at radius 1 is 0.483 bits per heavy atom. The summed E-state index contributed by atoms with van der Waals surface area (Å²) in [4.78, 5) is 0. The summed E-state index contributed by atoms with van der Waals surface area (Å²) < 4.78 is 8.81. The first-order valence-electron chi connectivity index (χ1n) is 11.3. The van der Waals surface area contributed by atoms with E-state index in [-0.39, 0.29) is 48.0 Å². The van der Waals surface area contributed by atoms with E-state index in [4.69, 9.17) is 0 Å². The van der Waals surface area contributed by atoms with Crippen molar-refractivity contribution >= 4 is 0 Å². The quantitative estimate of drug-likeness (QED) is 0.125. The lowest BCUT2D eigenvalue weighted by Gasteiger charge is -2.03. The molecule has 0 saturated heterocycles. The van der Waals surface area contributed by atoms with E-state index in [9.17, 15) is 0 Å². The minimum Gasteiger partial charge on any atom is -1.00 e. The number of nitrogens with zero attached hydrogens (tertiary/aromatic N) is 4. The zero-order chi connectivity index (χ0) is 19.2. The normalized spacial score (nSPS) is 10.6. The molecule has 6 heteroatoms. The van der Waals surface area contributed by atoms with E-state index >= 15 is 0 Å². The third-order valence-electron chi connectivity index (χ3n) is 5.48. The van der Waals surface area contributed by atoms with E-state index in [1.165, 1.54) is 96.6 Å². The predicted molar refractivity (Wildman–Crippen MR) is 111 cm³/mol. The predicted octanol–water partition coefficient (Wildman–Crippen LogP) is -1.28. The Morgan fingerprint density at radius 2 is 0.759 bits per heavy atom. The Morgan fingerprint density at radius 3 is 1.00 bits per heavy atom. The summed E-state index contributed by atoms with van der Waals surface area (Å²) in [5.74, 6) is 0. The number of imidazole rings is 2. The molecule has 0 spiro atoms. The molecule has 0 aliphatic carbocycles. The van der Waals surface area contributed by atoms with Gasteiger partial charge in [-0.2, -0.15) is 0 Å². The Kier molecular flexibility index (Phi) is 18.6. The molecule has 29 heavy (non-hydrogen) atoms. The fourth-order valence-electron chi connectivity index (χ4n) is 3.80. The molecule has 2 aromatic heterocycles. The summed E-state index contributed by atoms with van der Waals surface area (Å²) in [6.45, 7) is 2.34. The summed E-state index contributed by atoms with van der Waals surface area (Å²) in [7, 11) is 4.17. The van der Waals surface area contributed by atoms with E-state index in [0.29, 0.717) is 0 Å².